The van der Waals surface area contributed by atoms with Crippen molar-refractivity contribution in [2.75, 3.05) is 6.54 Å². The van der Waals surface area contributed by atoms with Crippen molar-refractivity contribution in [3.8, 4) is 0 Å². The average molecular weight is 303 g/mol. The van der Waals surface area contributed by atoms with Crippen LogP contribution in [-0.2, 0) is 4.74 Å². The number of carbonyl (C=O) groups is 1. The molecule has 1 aromatic rings. The summed E-state index contributed by atoms with van der Waals surface area (Å²) in [5.41, 5.74) is 1.98. The first kappa shape index (κ1) is 15.3. The second kappa shape index (κ2) is 5.58. The Morgan fingerprint density at radius 2 is 1.86 bits per heavy atom. The van der Waals surface area contributed by atoms with E-state index in [-0.39, 0.29) is 12.1 Å². The van der Waals surface area contributed by atoms with Gasteiger partial charge in [0.15, 0.2) is 0 Å². The fraction of sp³-hybridized carbons (Fsp3) is 0.611. The Bertz CT molecular complexity index is 560. The molecule has 1 saturated heterocycles. The van der Waals surface area contributed by atoms with E-state index in [9.17, 15) is 9.90 Å². The first-order valence-corrected chi connectivity index (χ1v) is 8.11. The molecule has 0 bridgehead atoms. The molecule has 1 N–H and O–H groups in total. The maximum absolute atomic E-state index is 12.5. The van der Waals surface area contributed by atoms with Crippen LogP contribution in [0.25, 0.3) is 0 Å². The summed E-state index contributed by atoms with van der Waals surface area (Å²) in [4.78, 5) is 14.2. The Morgan fingerprint density at radius 3 is 2.45 bits per heavy atom. The highest BCUT2D eigenvalue weighted by Crippen LogP contribution is 2.45. The number of hydrogen-bond acceptors (Lipinski definition) is 3. The van der Waals surface area contributed by atoms with Crippen LogP contribution in [0.3, 0.4) is 0 Å². The number of β-amino-alcohol motifs (C(OH)–C–C–N with tert-alkyl or cyclic N) is 1. The smallest absolute Gasteiger partial charge is 0.410 e. The molecular formula is C18H25NO3. The van der Waals surface area contributed by atoms with E-state index in [1.807, 2.05) is 26.8 Å². The van der Waals surface area contributed by atoms with Gasteiger partial charge in [0.05, 0.1) is 18.7 Å². The molecule has 4 nitrogen and oxygen atoms in total. The summed E-state index contributed by atoms with van der Waals surface area (Å²) in [6, 6.07) is 8.24. The van der Waals surface area contributed by atoms with Gasteiger partial charge in [-0.1, -0.05) is 24.3 Å². The molecule has 2 fully saturated rings. The van der Waals surface area contributed by atoms with Crippen molar-refractivity contribution in [3.63, 3.8) is 0 Å². The Hall–Kier alpha value is -1.55. The summed E-state index contributed by atoms with van der Waals surface area (Å²) in [6.07, 6.45) is 2.21. The minimum absolute atomic E-state index is 0.0818. The van der Waals surface area contributed by atoms with Crippen LogP contribution in [0.4, 0.5) is 4.79 Å². The van der Waals surface area contributed by atoms with Gasteiger partial charge < -0.3 is 9.84 Å². The second-order valence-corrected chi connectivity index (χ2v) is 7.44. The first-order valence-electron chi connectivity index (χ1n) is 8.11. The molecular weight excluding hydrogens is 278 g/mol. The van der Waals surface area contributed by atoms with Crippen molar-refractivity contribution in [2.45, 2.75) is 63.7 Å². The zero-order valence-corrected chi connectivity index (χ0v) is 13.6. The lowest BCUT2D eigenvalue weighted by molar-refractivity contribution is 0.0206. The molecule has 0 radical (unpaired) electrons. The molecule has 120 valence electrons. The highest BCUT2D eigenvalue weighted by molar-refractivity contribution is 5.69. The molecule has 3 rings (SSSR count). The summed E-state index contributed by atoms with van der Waals surface area (Å²) in [6.45, 7) is 5.94. The van der Waals surface area contributed by atoms with Gasteiger partial charge in [-0.15, -0.1) is 0 Å². The van der Waals surface area contributed by atoms with E-state index >= 15 is 0 Å². The van der Waals surface area contributed by atoms with E-state index in [1.54, 1.807) is 4.90 Å². The number of likely N-dealkylation sites (tertiary alicyclic amines) is 1. The van der Waals surface area contributed by atoms with E-state index in [4.69, 9.17) is 4.74 Å². The van der Waals surface area contributed by atoms with Crippen LogP contribution >= 0.6 is 0 Å². The Labute approximate surface area is 132 Å². The van der Waals surface area contributed by atoms with Crippen molar-refractivity contribution in [2.24, 2.45) is 0 Å². The first-order chi connectivity index (χ1) is 10.3. The quantitative estimate of drug-likeness (QED) is 0.908. The normalized spacial score (nSPS) is 25.4. The van der Waals surface area contributed by atoms with E-state index in [0.717, 1.165) is 0 Å². The lowest BCUT2D eigenvalue weighted by Crippen LogP contribution is -2.37. The number of rotatable bonds is 2. The number of hydrogen-bond donors (Lipinski definition) is 1. The Balaban J connectivity index is 1.86. The minimum atomic E-state index is -0.523. The summed E-state index contributed by atoms with van der Waals surface area (Å²) < 4.78 is 5.51. The third kappa shape index (κ3) is 3.27. The van der Waals surface area contributed by atoms with Crippen LogP contribution in [0.15, 0.2) is 24.3 Å². The van der Waals surface area contributed by atoms with Gasteiger partial charge in [0.1, 0.15) is 5.60 Å². The van der Waals surface area contributed by atoms with E-state index in [1.165, 1.54) is 24.0 Å². The van der Waals surface area contributed by atoms with Gasteiger partial charge in [-0.25, -0.2) is 4.79 Å². The van der Waals surface area contributed by atoms with Crippen LogP contribution in [0.2, 0.25) is 0 Å². The Morgan fingerprint density at radius 1 is 1.23 bits per heavy atom. The molecule has 1 aromatic carbocycles. The number of carbonyl (C=O) groups excluding carboxylic acids is 1. The van der Waals surface area contributed by atoms with Crippen molar-refractivity contribution in [1.82, 2.24) is 4.90 Å². The van der Waals surface area contributed by atoms with Crippen LogP contribution in [0.1, 0.15) is 63.1 Å². The van der Waals surface area contributed by atoms with Crippen molar-refractivity contribution >= 4 is 6.09 Å². The predicted octanol–water partition coefficient (Wildman–Crippen LogP) is 3.61. The fourth-order valence-corrected chi connectivity index (χ4v) is 3.21. The molecule has 4 heteroatoms. The van der Waals surface area contributed by atoms with Gasteiger partial charge in [-0.2, -0.15) is 0 Å². The molecule has 1 amide bonds. The highest BCUT2D eigenvalue weighted by atomic mass is 16.6. The van der Waals surface area contributed by atoms with Gasteiger partial charge in [0.25, 0.3) is 0 Å². The summed E-state index contributed by atoms with van der Waals surface area (Å²) in [5.74, 6) is 0.620. The topological polar surface area (TPSA) is 49.8 Å². The van der Waals surface area contributed by atoms with Gasteiger partial charge in [0.2, 0.25) is 0 Å². The molecule has 1 aliphatic heterocycles. The van der Waals surface area contributed by atoms with Gasteiger partial charge >= 0.3 is 6.09 Å². The standard InChI is InChI=1S/C18H25NO3/c1-18(2,3)22-17(21)19-11-13(20)10-16(19)15-7-5-4-6-14(15)12-8-9-12/h4-7,12-13,16,20H,8-11H2,1-3H3. The van der Waals surface area contributed by atoms with Crippen LogP contribution in [0, 0.1) is 0 Å². The predicted molar refractivity (Wildman–Crippen MR) is 84.7 cm³/mol. The lowest BCUT2D eigenvalue weighted by atomic mass is 9.95. The molecule has 1 saturated carbocycles. The molecule has 22 heavy (non-hydrogen) atoms. The monoisotopic (exact) mass is 303 g/mol. The van der Waals surface area contributed by atoms with E-state index < -0.39 is 11.7 Å². The average Bonchev–Trinajstić information content (AvgIpc) is 3.19. The summed E-state index contributed by atoms with van der Waals surface area (Å²) in [7, 11) is 0. The number of amides is 1. The molecule has 0 aromatic heterocycles. The van der Waals surface area contributed by atoms with E-state index in [0.29, 0.717) is 18.9 Å². The zero-order chi connectivity index (χ0) is 15.9. The molecule has 1 heterocycles. The van der Waals surface area contributed by atoms with Crippen LogP contribution < -0.4 is 0 Å². The maximum atomic E-state index is 12.5. The molecule has 0 spiro atoms. The third-order valence-electron chi connectivity index (χ3n) is 4.28. The largest absolute Gasteiger partial charge is 0.444 e. The van der Waals surface area contributed by atoms with Crippen molar-refractivity contribution < 1.29 is 14.6 Å². The number of aliphatic hydroxyl groups is 1. The third-order valence-corrected chi connectivity index (χ3v) is 4.28. The molecule has 2 atom stereocenters. The minimum Gasteiger partial charge on any atom is -0.444 e. The summed E-state index contributed by atoms with van der Waals surface area (Å²) in [5, 5.41) is 10.1. The molecule has 2 unspecified atom stereocenters. The highest BCUT2D eigenvalue weighted by Gasteiger charge is 2.40. The van der Waals surface area contributed by atoms with Crippen LogP contribution in [-0.4, -0.2) is 34.3 Å². The SMILES string of the molecule is CC(C)(C)OC(=O)N1CC(O)CC1c1ccccc1C1CC1. The van der Waals surface area contributed by atoms with Crippen LogP contribution in [0.5, 0.6) is 0 Å². The van der Waals surface area contributed by atoms with Gasteiger partial charge in [-0.3, -0.25) is 4.90 Å². The van der Waals surface area contributed by atoms with Crippen molar-refractivity contribution in [3.05, 3.63) is 35.4 Å². The summed E-state index contributed by atoms with van der Waals surface area (Å²) >= 11 is 0. The number of benzene rings is 1. The zero-order valence-electron chi connectivity index (χ0n) is 13.6. The number of nitrogens with zero attached hydrogens (tertiary/aromatic N) is 1. The van der Waals surface area contributed by atoms with Gasteiger partial charge in [0, 0.05) is 0 Å². The number of aliphatic hydroxyl groups excluding tert-OH is 1. The van der Waals surface area contributed by atoms with Crippen molar-refractivity contribution in [1.29, 1.82) is 0 Å². The maximum Gasteiger partial charge on any atom is 0.410 e. The van der Waals surface area contributed by atoms with E-state index in [2.05, 4.69) is 18.2 Å². The molecule has 1 aliphatic carbocycles. The Kier molecular flexibility index (Phi) is 3.89. The fourth-order valence-electron chi connectivity index (χ4n) is 3.21. The lowest BCUT2D eigenvalue weighted by Gasteiger charge is -2.29. The second-order valence-electron chi connectivity index (χ2n) is 7.44. The molecule has 2 aliphatic rings. The van der Waals surface area contributed by atoms with Gasteiger partial charge in [-0.05, 0) is 57.1 Å². The number of ether oxygens (including phenoxy) is 1.